The number of carbonyl (C=O) groups excluding carboxylic acids is 2. The fraction of sp³-hybridized carbons (Fsp3) is 0.467. The molecule has 2 aliphatic heterocycles. The Bertz CT molecular complexity index is 575. The highest BCUT2D eigenvalue weighted by Gasteiger charge is 2.32. The smallest absolute Gasteiger partial charge is 0.317 e. The van der Waals surface area contributed by atoms with Crippen LogP contribution in [0, 0.1) is 5.82 Å². The molecule has 0 saturated carbocycles. The Labute approximate surface area is 127 Å². The minimum absolute atomic E-state index is 0.113. The number of nitrogens with zero attached hydrogens (tertiary/aromatic N) is 2. The highest BCUT2D eigenvalue weighted by molar-refractivity contribution is 5.96. The number of halogens is 1. The van der Waals surface area contributed by atoms with Crippen LogP contribution in [0.15, 0.2) is 24.3 Å². The van der Waals surface area contributed by atoms with E-state index in [9.17, 15) is 14.0 Å². The molecule has 3 amide bonds. The quantitative estimate of drug-likeness (QED) is 0.886. The van der Waals surface area contributed by atoms with Crippen LogP contribution in [0.25, 0.3) is 0 Å². The summed E-state index contributed by atoms with van der Waals surface area (Å²) in [7, 11) is 0. The van der Waals surface area contributed by atoms with Gasteiger partial charge in [-0.3, -0.25) is 4.79 Å². The molecule has 1 aromatic rings. The predicted octanol–water partition coefficient (Wildman–Crippen LogP) is 0.973. The Morgan fingerprint density at radius 1 is 1.32 bits per heavy atom. The third-order valence-corrected chi connectivity index (χ3v) is 3.87. The van der Waals surface area contributed by atoms with E-state index < -0.39 is 0 Å². The molecule has 0 spiro atoms. The lowest BCUT2D eigenvalue weighted by Crippen LogP contribution is -2.49. The number of hydrogen-bond acceptors (Lipinski definition) is 3. The molecule has 3 rings (SSSR count). The molecule has 118 valence electrons. The predicted molar refractivity (Wildman–Crippen MR) is 78.1 cm³/mol. The van der Waals surface area contributed by atoms with Crippen molar-refractivity contribution < 1.29 is 18.7 Å². The topological polar surface area (TPSA) is 61.9 Å². The van der Waals surface area contributed by atoms with E-state index in [-0.39, 0.29) is 30.2 Å². The average Bonchev–Trinajstić information content (AvgIpc) is 2.88. The van der Waals surface area contributed by atoms with Gasteiger partial charge in [0.25, 0.3) is 0 Å². The number of nitrogens with one attached hydrogen (secondary N) is 1. The summed E-state index contributed by atoms with van der Waals surface area (Å²) in [5, 5.41) is 2.87. The van der Waals surface area contributed by atoms with Gasteiger partial charge in [0.15, 0.2) is 0 Å². The van der Waals surface area contributed by atoms with E-state index in [0.29, 0.717) is 38.5 Å². The van der Waals surface area contributed by atoms with Crippen LogP contribution in [0.5, 0.6) is 0 Å². The number of rotatable bonds is 2. The second kappa shape index (κ2) is 6.31. The summed E-state index contributed by atoms with van der Waals surface area (Å²) >= 11 is 0. The third-order valence-electron chi connectivity index (χ3n) is 3.87. The van der Waals surface area contributed by atoms with Crippen molar-refractivity contribution in [2.45, 2.75) is 12.5 Å². The lowest BCUT2D eigenvalue weighted by Gasteiger charge is -2.28. The average molecular weight is 307 g/mol. The zero-order valence-corrected chi connectivity index (χ0v) is 12.1. The van der Waals surface area contributed by atoms with Crippen molar-refractivity contribution >= 4 is 17.6 Å². The third kappa shape index (κ3) is 3.19. The lowest BCUT2D eigenvalue weighted by atomic mass is 10.2. The zero-order chi connectivity index (χ0) is 15.5. The largest absolute Gasteiger partial charge is 0.378 e. The summed E-state index contributed by atoms with van der Waals surface area (Å²) in [6, 6.07) is 5.48. The summed E-state index contributed by atoms with van der Waals surface area (Å²) in [6.45, 7) is 2.54. The van der Waals surface area contributed by atoms with E-state index in [4.69, 9.17) is 4.74 Å². The van der Waals surface area contributed by atoms with Gasteiger partial charge in [0.1, 0.15) is 5.82 Å². The molecular formula is C15H18FN3O3. The summed E-state index contributed by atoms with van der Waals surface area (Å²) in [5.74, 6) is -0.496. The van der Waals surface area contributed by atoms with Crippen molar-refractivity contribution in [1.29, 1.82) is 0 Å². The van der Waals surface area contributed by atoms with Crippen molar-refractivity contribution in [3.8, 4) is 0 Å². The first kappa shape index (κ1) is 14.8. The molecule has 6 nitrogen and oxygen atoms in total. The van der Waals surface area contributed by atoms with Gasteiger partial charge in [0.05, 0.1) is 19.3 Å². The van der Waals surface area contributed by atoms with E-state index in [2.05, 4.69) is 5.32 Å². The monoisotopic (exact) mass is 307 g/mol. The van der Waals surface area contributed by atoms with Crippen molar-refractivity contribution in [2.75, 3.05) is 37.7 Å². The van der Waals surface area contributed by atoms with E-state index >= 15 is 0 Å². The number of morpholine rings is 1. The Kier molecular flexibility index (Phi) is 4.24. The van der Waals surface area contributed by atoms with Gasteiger partial charge in [-0.25, -0.2) is 9.18 Å². The van der Waals surface area contributed by atoms with E-state index in [1.165, 1.54) is 17.0 Å². The number of hydrogen-bond donors (Lipinski definition) is 1. The Morgan fingerprint density at radius 3 is 2.82 bits per heavy atom. The fourth-order valence-electron chi connectivity index (χ4n) is 2.73. The van der Waals surface area contributed by atoms with Crippen molar-refractivity contribution in [1.82, 2.24) is 10.2 Å². The maximum absolute atomic E-state index is 13.3. The van der Waals surface area contributed by atoms with Crippen LogP contribution in [0.1, 0.15) is 6.42 Å². The number of benzene rings is 1. The van der Waals surface area contributed by atoms with Crippen LogP contribution >= 0.6 is 0 Å². The van der Waals surface area contributed by atoms with Gasteiger partial charge in [-0.2, -0.15) is 0 Å². The summed E-state index contributed by atoms with van der Waals surface area (Å²) in [6.07, 6.45) is 0.229. The molecule has 2 aliphatic rings. The molecule has 1 aromatic carbocycles. The number of carbonyl (C=O) groups is 2. The molecule has 22 heavy (non-hydrogen) atoms. The van der Waals surface area contributed by atoms with Crippen LogP contribution in [-0.2, 0) is 9.53 Å². The van der Waals surface area contributed by atoms with Crippen LogP contribution in [0.2, 0.25) is 0 Å². The Balaban J connectivity index is 1.61. The molecule has 0 radical (unpaired) electrons. The molecule has 2 fully saturated rings. The van der Waals surface area contributed by atoms with Crippen molar-refractivity contribution in [3.63, 3.8) is 0 Å². The fourth-order valence-corrected chi connectivity index (χ4v) is 2.73. The molecule has 2 saturated heterocycles. The first-order valence-corrected chi connectivity index (χ1v) is 7.32. The van der Waals surface area contributed by atoms with Gasteiger partial charge < -0.3 is 19.9 Å². The molecule has 7 heteroatoms. The van der Waals surface area contributed by atoms with Crippen LogP contribution in [0.4, 0.5) is 14.9 Å². The molecule has 0 bridgehead atoms. The van der Waals surface area contributed by atoms with Gasteiger partial charge in [0.2, 0.25) is 5.91 Å². The maximum atomic E-state index is 13.3. The molecular weight excluding hydrogens is 289 g/mol. The molecule has 1 N–H and O–H groups in total. The minimum Gasteiger partial charge on any atom is -0.378 e. The van der Waals surface area contributed by atoms with Crippen LogP contribution < -0.4 is 10.2 Å². The SMILES string of the molecule is O=C(NC1CC(=O)N(c2cccc(F)c2)C1)N1CCOCC1. The van der Waals surface area contributed by atoms with E-state index in [1.54, 1.807) is 17.0 Å². The lowest BCUT2D eigenvalue weighted by molar-refractivity contribution is -0.117. The van der Waals surface area contributed by atoms with Gasteiger partial charge in [0, 0.05) is 31.7 Å². The summed E-state index contributed by atoms with van der Waals surface area (Å²) in [4.78, 5) is 27.4. The van der Waals surface area contributed by atoms with E-state index in [1.807, 2.05) is 0 Å². The van der Waals surface area contributed by atoms with Crippen LogP contribution in [0.3, 0.4) is 0 Å². The first-order chi connectivity index (χ1) is 10.6. The summed E-state index contributed by atoms with van der Waals surface area (Å²) in [5.41, 5.74) is 0.521. The van der Waals surface area contributed by atoms with Gasteiger partial charge in [-0.1, -0.05) is 6.07 Å². The van der Waals surface area contributed by atoms with Gasteiger partial charge in [-0.15, -0.1) is 0 Å². The Hall–Kier alpha value is -2.15. The number of ether oxygens (including phenoxy) is 1. The van der Waals surface area contributed by atoms with Crippen molar-refractivity contribution in [3.05, 3.63) is 30.1 Å². The molecule has 0 aliphatic carbocycles. The number of urea groups is 1. The summed E-state index contributed by atoms with van der Waals surface area (Å²) < 4.78 is 18.5. The van der Waals surface area contributed by atoms with Crippen LogP contribution in [-0.4, -0.2) is 55.7 Å². The van der Waals surface area contributed by atoms with Gasteiger partial charge in [-0.05, 0) is 18.2 Å². The number of amides is 3. The second-order valence-corrected chi connectivity index (χ2v) is 5.43. The molecule has 1 unspecified atom stereocenters. The minimum atomic E-state index is -0.383. The highest BCUT2D eigenvalue weighted by Crippen LogP contribution is 2.22. The first-order valence-electron chi connectivity index (χ1n) is 7.32. The molecule has 1 atom stereocenters. The molecule has 2 heterocycles. The van der Waals surface area contributed by atoms with E-state index in [0.717, 1.165) is 0 Å². The second-order valence-electron chi connectivity index (χ2n) is 5.43. The molecule has 0 aromatic heterocycles. The normalized spacial score (nSPS) is 22.0. The zero-order valence-electron chi connectivity index (χ0n) is 12.1. The highest BCUT2D eigenvalue weighted by atomic mass is 19.1. The van der Waals surface area contributed by atoms with Crippen molar-refractivity contribution in [2.24, 2.45) is 0 Å². The maximum Gasteiger partial charge on any atom is 0.317 e. The number of anilines is 1. The standard InChI is InChI=1S/C15H18FN3O3/c16-11-2-1-3-13(8-11)19-10-12(9-14(19)20)17-15(21)18-4-6-22-7-5-18/h1-3,8,12H,4-7,9-10H2,(H,17,21). The Morgan fingerprint density at radius 2 is 2.09 bits per heavy atom. The van der Waals surface area contributed by atoms with Gasteiger partial charge >= 0.3 is 6.03 Å².